The molecule has 2 rings (SSSR count). The Morgan fingerprint density at radius 1 is 1.50 bits per heavy atom. The second-order valence-electron chi connectivity index (χ2n) is 2.62. The number of rotatable bonds is 1. The van der Waals surface area contributed by atoms with E-state index in [4.69, 9.17) is 0 Å². The number of amides is 1. The van der Waals surface area contributed by atoms with Crippen LogP contribution >= 0.6 is 8.03 Å². The number of aromatic nitrogens is 2. The highest BCUT2D eigenvalue weighted by atomic mass is 31.1. The first-order valence-corrected chi connectivity index (χ1v) is 4.94. The lowest BCUT2D eigenvalue weighted by Gasteiger charge is -1.96. The van der Waals surface area contributed by atoms with E-state index in [9.17, 15) is 14.3 Å². The molecule has 1 amide bonds. The third kappa shape index (κ3) is 1.57. The Balaban J connectivity index is 2.70. The molecule has 1 aromatic rings. The van der Waals surface area contributed by atoms with Crippen molar-refractivity contribution in [2.24, 2.45) is 4.99 Å². The zero-order valence-electron chi connectivity index (χ0n) is 6.88. The van der Waals surface area contributed by atoms with Crippen LogP contribution in [0.25, 0.3) is 6.08 Å². The van der Waals surface area contributed by atoms with Gasteiger partial charge in [0.2, 0.25) is 0 Å². The van der Waals surface area contributed by atoms with Gasteiger partial charge in [-0.3, -0.25) is 4.79 Å². The lowest BCUT2D eigenvalue weighted by atomic mass is 10.3. The van der Waals surface area contributed by atoms with Crippen LogP contribution < -0.4 is 21.2 Å². The lowest BCUT2D eigenvalue weighted by molar-refractivity contribution is -0.161. The van der Waals surface area contributed by atoms with Gasteiger partial charge in [-0.15, -0.1) is 0 Å². The Kier molecular flexibility index (Phi) is 2.15. The highest BCUT2D eigenvalue weighted by molar-refractivity contribution is 7.45. The largest absolute Gasteiger partial charge is 0.588 e. The van der Waals surface area contributed by atoms with Crippen LogP contribution in [0.1, 0.15) is 6.42 Å². The molecule has 0 bridgehead atoms. The number of carbonyl (C=O) groups is 1. The van der Waals surface area contributed by atoms with Crippen LogP contribution in [0, 0.1) is 0 Å². The van der Waals surface area contributed by atoms with Crippen LogP contribution in [0.3, 0.4) is 0 Å². The van der Waals surface area contributed by atoms with Gasteiger partial charge in [0.15, 0.2) is 5.49 Å². The van der Waals surface area contributed by atoms with E-state index in [1.54, 1.807) is 6.08 Å². The lowest BCUT2D eigenvalue weighted by Crippen LogP contribution is -2.38. The molecule has 6 nitrogen and oxygen atoms in total. The summed E-state index contributed by atoms with van der Waals surface area (Å²) < 4.78 is 10.5. The minimum Gasteiger partial charge on any atom is -0.588 e. The highest BCUT2D eigenvalue weighted by Crippen LogP contribution is 1.98. The molecule has 0 saturated carbocycles. The van der Waals surface area contributed by atoms with Crippen LogP contribution in [-0.2, 0) is 9.36 Å². The van der Waals surface area contributed by atoms with Crippen molar-refractivity contribution in [3.8, 4) is 0 Å². The quantitative estimate of drug-likeness (QED) is 0.478. The average molecular weight is 209 g/mol. The summed E-state index contributed by atoms with van der Waals surface area (Å²) in [5.41, 5.74) is -0.184. The van der Waals surface area contributed by atoms with Gasteiger partial charge in [0, 0.05) is 17.8 Å². The highest BCUT2D eigenvalue weighted by Gasteiger charge is 2.13. The number of hydrogen-bond donors (Lipinski definition) is 0. The summed E-state index contributed by atoms with van der Waals surface area (Å²) in [6.07, 6.45) is 3.17. The Labute approximate surface area is 78.9 Å². The summed E-state index contributed by atoms with van der Waals surface area (Å²) in [4.78, 5) is 32.3. The van der Waals surface area contributed by atoms with E-state index in [1.807, 2.05) is 0 Å². The van der Waals surface area contributed by atoms with Crippen molar-refractivity contribution in [3.05, 3.63) is 16.9 Å². The molecule has 14 heavy (non-hydrogen) atoms. The molecular weight excluding hydrogens is 205 g/mol. The Morgan fingerprint density at radius 2 is 2.29 bits per heavy atom. The van der Waals surface area contributed by atoms with E-state index < -0.39 is 8.03 Å². The normalized spacial score (nSPS) is 15.2. The van der Waals surface area contributed by atoms with Gasteiger partial charge in [-0.05, 0) is 0 Å². The van der Waals surface area contributed by atoms with Crippen LogP contribution in [-0.4, -0.2) is 15.9 Å². The van der Waals surface area contributed by atoms with E-state index in [2.05, 4.69) is 15.0 Å². The second-order valence-corrected chi connectivity index (χ2v) is 3.53. The van der Waals surface area contributed by atoms with Crippen molar-refractivity contribution in [2.45, 2.75) is 6.42 Å². The Hall–Kier alpha value is -1.52. The fourth-order valence-corrected chi connectivity index (χ4v) is 1.38. The summed E-state index contributed by atoms with van der Waals surface area (Å²) in [7, 11) is -2.83. The smallest absolute Gasteiger partial charge is 0.391 e. The summed E-state index contributed by atoms with van der Waals surface area (Å²) in [5.74, 6) is -0.330. The van der Waals surface area contributed by atoms with E-state index in [0.29, 0.717) is 5.22 Å². The molecule has 0 saturated heterocycles. The number of nitrogens with zero attached hydrogens (tertiary/aromatic N) is 3. The summed E-state index contributed by atoms with van der Waals surface area (Å²) in [6, 6.07) is 0. The molecule has 2 heterocycles. The fraction of sp³-hybridized carbons (Fsp3) is 0.143. The van der Waals surface area contributed by atoms with Crippen molar-refractivity contribution >= 4 is 25.6 Å². The number of hydrogen-bond acceptors (Lipinski definition) is 5. The molecule has 0 fully saturated rings. The van der Waals surface area contributed by atoms with Gasteiger partial charge in [0.05, 0.1) is 0 Å². The third-order valence-corrected chi connectivity index (χ3v) is 2.22. The molecule has 1 aromatic heterocycles. The molecule has 0 radical (unpaired) electrons. The first kappa shape index (κ1) is 9.05. The summed E-state index contributed by atoms with van der Waals surface area (Å²) in [6.45, 7) is 0. The van der Waals surface area contributed by atoms with Crippen molar-refractivity contribution in [2.75, 3.05) is 0 Å². The maximum absolute atomic E-state index is 10.9. The van der Waals surface area contributed by atoms with Crippen LogP contribution in [0.4, 0.5) is 0 Å². The van der Waals surface area contributed by atoms with Gasteiger partial charge < -0.3 is 4.89 Å². The molecule has 1 aliphatic heterocycles. The maximum atomic E-state index is 10.9. The van der Waals surface area contributed by atoms with Crippen LogP contribution in [0.15, 0.2) is 11.2 Å². The zero-order valence-corrected chi connectivity index (χ0v) is 7.77. The van der Waals surface area contributed by atoms with Crippen molar-refractivity contribution < 1.29 is 14.3 Å². The van der Waals surface area contributed by atoms with Gasteiger partial charge in [-0.25, -0.2) is 0 Å². The molecule has 1 unspecified atom stereocenters. The summed E-state index contributed by atoms with van der Waals surface area (Å²) in [5, 5.41) is 0.588. The Morgan fingerprint density at radius 3 is 3.00 bits per heavy atom. The second kappa shape index (κ2) is 3.32. The first-order valence-electron chi connectivity index (χ1n) is 3.76. The molecule has 7 heteroatoms. The van der Waals surface area contributed by atoms with E-state index >= 15 is 0 Å². The average Bonchev–Trinajstić information content (AvgIpc) is 2.16. The SMILES string of the molecule is O=C1CC=c2cnc([P+](=O)[O-])nc2=N1. The third-order valence-electron chi connectivity index (χ3n) is 1.67. The number of carbonyl (C=O) groups excluding carboxylic acids is 1. The molecular formula is C7H4N3O3P. The predicted octanol–water partition coefficient (Wildman–Crippen LogP) is -2.46. The van der Waals surface area contributed by atoms with Gasteiger partial charge in [0.1, 0.15) is 0 Å². The first-order chi connectivity index (χ1) is 6.66. The molecule has 0 aromatic carbocycles. The molecule has 1 aliphatic rings. The van der Waals surface area contributed by atoms with Gasteiger partial charge in [-0.2, -0.15) is 15.0 Å². The van der Waals surface area contributed by atoms with Crippen LogP contribution in [0.2, 0.25) is 0 Å². The topological polar surface area (TPSA) is 95.3 Å². The van der Waals surface area contributed by atoms with E-state index in [1.165, 1.54) is 6.20 Å². The van der Waals surface area contributed by atoms with E-state index in [0.717, 1.165) is 0 Å². The van der Waals surface area contributed by atoms with Gasteiger partial charge >= 0.3 is 13.6 Å². The molecule has 0 spiro atoms. The molecule has 1 atom stereocenters. The molecule has 0 aliphatic carbocycles. The standard InChI is InChI=1S/C7H4N3O3P/c11-5-2-1-4-3-8-7(14(12)13)10-6(4)9-5/h1,3H,2H2. The molecule has 0 N–H and O–H groups in total. The molecule has 70 valence electrons. The summed E-state index contributed by atoms with van der Waals surface area (Å²) >= 11 is 0. The van der Waals surface area contributed by atoms with Crippen molar-refractivity contribution in [1.82, 2.24) is 9.97 Å². The number of fused-ring (bicyclic) bond motifs is 1. The minimum atomic E-state index is -2.83. The Bertz CT molecular complexity index is 540. The van der Waals surface area contributed by atoms with Gasteiger partial charge in [-0.1, -0.05) is 10.6 Å². The zero-order chi connectivity index (χ0) is 10.1. The van der Waals surface area contributed by atoms with Crippen LogP contribution in [0.5, 0.6) is 0 Å². The van der Waals surface area contributed by atoms with E-state index in [-0.39, 0.29) is 23.4 Å². The van der Waals surface area contributed by atoms with Gasteiger partial charge in [0.25, 0.3) is 5.91 Å². The van der Waals surface area contributed by atoms with Crippen molar-refractivity contribution in [1.29, 1.82) is 0 Å². The maximum Gasteiger partial charge on any atom is 0.391 e. The monoisotopic (exact) mass is 209 g/mol. The van der Waals surface area contributed by atoms with Crippen molar-refractivity contribution in [3.63, 3.8) is 0 Å². The minimum absolute atomic E-state index is 0.130. The fourth-order valence-electron chi connectivity index (χ4n) is 1.06. The predicted molar refractivity (Wildman–Crippen MR) is 44.1 cm³/mol.